The van der Waals surface area contributed by atoms with E-state index in [0.29, 0.717) is 18.8 Å². The van der Waals surface area contributed by atoms with Crippen LogP contribution in [-0.2, 0) is 9.47 Å². The molecule has 20 heavy (non-hydrogen) atoms. The number of nitrogens with zero attached hydrogens (tertiary/aromatic N) is 2. The lowest BCUT2D eigenvalue weighted by Crippen LogP contribution is -2.08. The third-order valence-electron chi connectivity index (χ3n) is 2.90. The number of anilines is 1. The van der Waals surface area contributed by atoms with Crippen LogP contribution in [0.3, 0.4) is 0 Å². The van der Waals surface area contributed by atoms with E-state index < -0.39 is 0 Å². The van der Waals surface area contributed by atoms with E-state index in [-0.39, 0.29) is 0 Å². The lowest BCUT2D eigenvalue weighted by Gasteiger charge is -2.10. The minimum absolute atomic E-state index is 0.631. The average molecular weight is 277 g/mol. The summed E-state index contributed by atoms with van der Waals surface area (Å²) in [6, 6.07) is 4.12. The third-order valence-corrected chi connectivity index (χ3v) is 2.90. The minimum atomic E-state index is 0.631. The van der Waals surface area contributed by atoms with Gasteiger partial charge in [0.1, 0.15) is 6.07 Å². The summed E-state index contributed by atoms with van der Waals surface area (Å²) in [7, 11) is 1.67. The van der Waals surface area contributed by atoms with Crippen molar-refractivity contribution in [2.24, 2.45) is 0 Å². The van der Waals surface area contributed by atoms with Gasteiger partial charge in [-0.2, -0.15) is 5.26 Å². The van der Waals surface area contributed by atoms with Gasteiger partial charge in [0.25, 0.3) is 0 Å². The molecule has 1 aromatic heterocycles. The summed E-state index contributed by atoms with van der Waals surface area (Å²) < 4.78 is 10.3. The monoisotopic (exact) mass is 277 g/mol. The van der Waals surface area contributed by atoms with Crippen LogP contribution >= 0.6 is 0 Å². The molecule has 0 aliphatic heterocycles. The van der Waals surface area contributed by atoms with Crippen molar-refractivity contribution >= 4 is 5.69 Å². The van der Waals surface area contributed by atoms with Crippen molar-refractivity contribution in [1.82, 2.24) is 4.98 Å². The van der Waals surface area contributed by atoms with Gasteiger partial charge in [-0.15, -0.1) is 0 Å². The first kappa shape index (κ1) is 16.4. The van der Waals surface area contributed by atoms with Gasteiger partial charge in [-0.25, -0.2) is 0 Å². The molecule has 0 aliphatic carbocycles. The Morgan fingerprint density at radius 3 is 2.75 bits per heavy atom. The van der Waals surface area contributed by atoms with E-state index in [1.54, 1.807) is 7.11 Å². The first-order valence-corrected chi connectivity index (χ1v) is 6.88. The minimum Gasteiger partial charge on any atom is -0.384 e. The molecule has 1 aromatic rings. The molecule has 1 rings (SSSR count). The second-order valence-electron chi connectivity index (χ2n) is 4.62. The zero-order chi connectivity index (χ0) is 14.8. The Hall–Kier alpha value is -1.64. The maximum atomic E-state index is 9.15. The highest BCUT2D eigenvalue weighted by Gasteiger charge is 2.07. The molecule has 5 nitrogen and oxygen atoms in total. The highest BCUT2D eigenvalue weighted by Crippen LogP contribution is 2.18. The van der Waals surface area contributed by atoms with E-state index in [0.717, 1.165) is 43.1 Å². The van der Waals surface area contributed by atoms with Gasteiger partial charge in [0.15, 0.2) is 0 Å². The molecule has 1 heterocycles. The van der Waals surface area contributed by atoms with Crippen molar-refractivity contribution in [3.05, 3.63) is 23.0 Å². The predicted molar refractivity (Wildman–Crippen MR) is 78.8 cm³/mol. The number of rotatable bonds is 9. The van der Waals surface area contributed by atoms with Gasteiger partial charge < -0.3 is 14.8 Å². The normalized spacial score (nSPS) is 10.3. The van der Waals surface area contributed by atoms with Crippen molar-refractivity contribution in [3.63, 3.8) is 0 Å². The molecule has 0 spiro atoms. The van der Waals surface area contributed by atoms with Gasteiger partial charge >= 0.3 is 0 Å². The Morgan fingerprint density at radius 2 is 2.05 bits per heavy atom. The fourth-order valence-electron chi connectivity index (χ4n) is 1.91. The van der Waals surface area contributed by atoms with Gasteiger partial charge in [-0.3, -0.25) is 4.98 Å². The van der Waals surface area contributed by atoms with Crippen molar-refractivity contribution in [1.29, 1.82) is 5.26 Å². The van der Waals surface area contributed by atoms with Crippen LogP contribution in [0.5, 0.6) is 0 Å². The zero-order valence-electron chi connectivity index (χ0n) is 12.5. The molecule has 0 saturated heterocycles. The zero-order valence-corrected chi connectivity index (χ0v) is 12.5. The number of pyridine rings is 1. The number of ether oxygens (including phenoxy) is 2. The van der Waals surface area contributed by atoms with Gasteiger partial charge in [0, 0.05) is 26.0 Å². The average Bonchev–Trinajstić information content (AvgIpc) is 2.41. The number of hydrogen-bond acceptors (Lipinski definition) is 5. The second kappa shape index (κ2) is 9.29. The molecule has 0 amide bonds. The fourth-order valence-corrected chi connectivity index (χ4v) is 1.91. The topological polar surface area (TPSA) is 67.2 Å². The number of methoxy groups -OCH3 is 1. The quantitative estimate of drug-likeness (QED) is 0.702. The molecule has 0 aromatic carbocycles. The standard InChI is InChI=1S/C15H23N3O2/c1-12-10-15(14(11-16)13(2)18-12)17-6-4-5-7-20-9-8-19-3/h10H,4-9H2,1-3H3,(H,17,18). The van der Waals surface area contributed by atoms with Crippen LogP contribution in [0.15, 0.2) is 6.07 Å². The van der Waals surface area contributed by atoms with Crippen LogP contribution < -0.4 is 5.32 Å². The summed E-state index contributed by atoms with van der Waals surface area (Å²) in [6.45, 7) is 6.64. The molecule has 0 radical (unpaired) electrons. The Labute approximate surface area is 120 Å². The highest BCUT2D eigenvalue weighted by atomic mass is 16.5. The van der Waals surface area contributed by atoms with Gasteiger partial charge in [0.05, 0.1) is 30.2 Å². The van der Waals surface area contributed by atoms with Crippen LogP contribution in [0.1, 0.15) is 29.8 Å². The summed E-state index contributed by atoms with van der Waals surface area (Å²) in [5.74, 6) is 0. The smallest absolute Gasteiger partial charge is 0.103 e. The number of hydrogen-bond donors (Lipinski definition) is 1. The van der Waals surface area contributed by atoms with Crippen molar-refractivity contribution in [3.8, 4) is 6.07 Å². The summed E-state index contributed by atoms with van der Waals surface area (Å²) >= 11 is 0. The summed E-state index contributed by atoms with van der Waals surface area (Å²) in [5, 5.41) is 12.5. The third kappa shape index (κ3) is 5.55. The van der Waals surface area contributed by atoms with E-state index in [4.69, 9.17) is 14.7 Å². The van der Waals surface area contributed by atoms with Gasteiger partial charge in [0.2, 0.25) is 0 Å². The Bertz CT molecular complexity index is 455. The molecule has 0 unspecified atom stereocenters. The Morgan fingerprint density at radius 1 is 1.25 bits per heavy atom. The number of aryl methyl sites for hydroxylation is 2. The van der Waals surface area contributed by atoms with Crippen molar-refractivity contribution < 1.29 is 9.47 Å². The first-order valence-electron chi connectivity index (χ1n) is 6.88. The fraction of sp³-hybridized carbons (Fsp3) is 0.600. The predicted octanol–water partition coefficient (Wildman–Crippen LogP) is 2.43. The molecule has 0 bridgehead atoms. The number of nitrogens with one attached hydrogen (secondary N) is 1. The summed E-state index contributed by atoms with van der Waals surface area (Å²) in [6.07, 6.45) is 1.99. The van der Waals surface area contributed by atoms with E-state index in [1.807, 2.05) is 19.9 Å². The van der Waals surface area contributed by atoms with Crippen LogP contribution in [-0.4, -0.2) is 38.5 Å². The number of unbranched alkanes of at least 4 members (excludes halogenated alkanes) is 1. The lowest BCUT2D eigenvalue weighted by molar-refractivity contribution is 0.0691. The molecule has 0 fully saturated rings. The van der Waals surface area contributed by atoms with Crippen LogP contribution in [0.4, 0.5) is 5.69 Å². The Balaban J connectivity index is 2.30. The molecule has 5 heteroatoms. The molecular formula is C15H23N3O2. The summed E-state index contributed by atoms with van der Waals surface area (Å²) in [4.78, 5) is 4.30. The molecule has 0 atom stereocenters. The molecular weight excluding hydrogens is 254 g/mol. The van der Waals surface area contributed by atoms with Crippen LogP contribution in [0.2, 0.25) is 0 Å². The maximum absolute atomic E-state index is 9.15. The van der Waals surface area contributed by atoms with Crippen LogP contribution in [0, 0.1) is 25.2 Å². The maximum Gasteiger partial charge on any atom is 0.103 e. The second-order valence-corrected chi connectivity index (χ2v) is 4.62. The first-order chi connectivity index (χ1) is 9.69. The largest absolute Gasteiger partial charge is 0.384 e. The van der Waals surface area contributed by atoms with Gasteiger partial charge in [-0.05, 0) is 32.8 Å². The van der Waals surface area contributed by atoms with Crippen molar-refractivity contribution in [2.45, 2.75) is 26.7 Å². The van der Waals surface area contributed by atoms with Gasteiger partial charge in [-0.1, -0.05) is 0 Å². The molecule has 110 valence electrons. The van der Waals surface area contributed by atoms with E-state index >= 15 is 0 Å². The summed E-state index contributed by atoms with van der Waals surface area (Å²) in [5.41, 5.74) is 3.20. The highest BCUT2D eigenvalue weighted by molar-refractivity contribution is 5.59. The lowest BCUT2D eigenvalue weighted by atomic mass is 10.1. The number of aromatic nitrogens is 1. The van der Waals surface area contributed by atoms with Crippen molar-refractivity contribution in [2.75, 3.05) is 38.8 Å². The van der Waals surface area contributed by atoms with E-state index in [2.05, 4.69) is 16.4 Å². The molecule has 0 saturated carbocycles. The molecule has 1 N–H and O–H groups in total. The van der Waals surface area contributed by atoms with Crippen LogP contribution in [0.25, 0.3) is 0 Å². The Kier molecular flexibility index (Phi) is 7.63. The van der Waals surface area contributed by atoms with E-state index in [1.165, 1.54) is 0 Å². The number of nitriles is 1. The van der Waals surface area contributed by atoms with E-state index in [9.17, 15) is 0 Å². The SMILES string of the molecule is COCCOCCCCNc1cc(C)nc(C)c1C#N. The molecule has 0 aliphatic rings.